The lowest BCUT2D eigenvalue weighted by atomic mass is 10.1. The molecule has 0 radical (unpaired) electrons. The van der Waals surface area contributed by atoms with Crippen molar-refractivity contribution in [1.82, 2.24) is 10.3 Å². The molecule has 1 atom stereocenters. The Morgan fingerprint density at radius 2 is 1.89 bits per heavy atom. The molecule has 0 aromatic carbocycles. The number of alkyl carbamates (subject to hydrolysis) is 1. The van der Waals surface area contributed by atoms with Gasteiger partial charge in [-0.05, 0) is 33.3 Å². The van der Waals surface area contributed by atoms with E-state index in [0.717, 1.165) is 13.3 Å². The lowest BCUT2D eigenvalue weighted by Crippen LogP contribution is -2.44. The first kappa shape index (κ1) is 21.9. The van der Waals surface area contributed by atoms with Gasteiger partial charge in [-0.2, -0.15) is 0 Å². The van der Waals surface area contributed by atoms with Crippen LogP contribution in [-0.2, 0) is 19.1 Å². The van der Waals surface area contributed by atoms with Crippen LogP contribution in [0.15, 0.2) is 18.5 Å². The number of hydrogen-bond donors (Lipinski definition) is 3. The quantitative estimate of drug-likeness (QED) is 0.604. The maximum atomic E-state index is 12.0. The third kappa shape index (κ3) is 8.17. The number of anilines is 1. The maximum absolute atomic E-state index is 12.0. The lowest BCUT2D eigenvalue weighted by molar-refractivity contribution is -0.143. The van der Waals surface area contributed by atoms with Crippen LogP contribution in [0, 0.1) is 0 Å². The van der Waals surface area contributed by atoms with Crippen LogP contribution in [0.3, 0.4) is 0 Å². The number of aromatic nitrogens is 1. The van der Waals surface area contributed by atoms with E-state index in [1.807, 2.05) is 0 Å². The summed E-state index contributed by atoms with van der Waals surface area (Å²) in [4.78, 5) is 50.3. The number of carbonyl (C=O) groups is 4. The third-order valence-electron chi connectivity index (χ3n) is 3.11. The van der Waals surface area contributed by atoms with Crippen molar-refractivity contribution in [2.24, 2.45) is 0 Å². The van der Waals surface area contributed by atoms with Gasteiger partial charge in [-0.1, -0.05) is 0 Å². The fourth-order valence-electron chi connectivity index (χ4n) is 1.97. The number of nitrogens with zero attached hydrogens (tertiary/aromatic N) is 1. The first-order chi connectivity index (χ1) is 12.5. The number of nitrogens with one attached hydrogen (secondary N) is 2. The Hall–Kier alpha value is -3.17. The molecule has 0 unspecified atom stereocenters. The molecule has 3 N–H and O–H groups in total. The highest BCUT2D eigenvalue weighted by atomic mass is 16.6. The van der Waals surface area contributed by atoms with Gasteiger partial charge in [0.05, 0.1) is 24.6 Å². The van der Waals surface area contributed by atoms with Gasteiger partial charge in [0.15, 0.2) is 0 Å². The topological polar surface area (TPSA) is 144 Å². The summed E-state index contributed by atoms with van der Waals surface area (Å²) in [5, 5.41) is 13.8. The zero-order valence-electron chi connectivity index (χ0n) is 15.6. The summed E-state index contributed by atoms with van der Waals surface area (Å²) in [7, 11) is 1.16. The normalized spacial score (nSPS) is 11.9. The first-order valence-corrected chi connectivity index (χ1v) is 8.07. The molecule has 148 valence electrons. The van der Waals surface area contributed by atoms with E-state index in [1.165, 1.54) is 12.3 Å². The molecule has 0 aliphatic rings. The van der Waals surface area contributed by atoms with Crippen molar-refractivity contribution in [3.63, 3.8) is 0 Å². The standard InChI is InChI=1S/C17H23N3O7/c1-17(2,3)27-16(25)20-12(15(24)26-4)5-6-13(21)19-11-7-10(14(22)23)8-18-9-11/h7-9,12H,5-6H2,1-4H3,(H,19,21)(H,20,25)(H,22,23)/t12-/m0/s1. The maximum Gasteiger partial charge on any atom is 0.408 e. The van der Waals surface area contributed by atoms with Gasteiger partial charge in [0, 0.05) is 12.6 Å². The fourth-order valence-corrected chi connectivity index (χ4v) is 1.97. The second kappa shape index (κ2) is 9.51. The lowest BCUT2D eigenvalue weighted by Gasteiger charge is -2.22. The molecule has 10 heteroatoms. The molecule has 27 heavy (non-hydrogen) atoms. The largest absolute Gasteiger partial charge is 0.478 e. The predicted molar refractivity (Wildman–Crippen MR) is 94.2 cm³/mol. The fraction of sp³-hybridized carbons (Fsp3) is 0.471. The molecule has 0 aliphatic heterocycles. The van der Waals surface area contributed by atoms with Crippen LogP contribution >= 0.6 is 0 Å². The average Bonchev–Trinajstić information content (AvgIpc) is 2.56. The number of pyridine rings is 1. The zero-order chi connectivity index (χ0) is 20.6. The highest BCUT2D eigenvalue weighted by molar-refractivity contribution is 5.93. The van der Waals surface area contributed by atoms with Gasteiger partial charge in [-0.3, -0.25) is 9.78 Å². The van der Waals surface area contributed by atoms with Gasteiger partial charge in [0.1, 0.15) is 11.6 Å². The monoisotopic (exact) mass is 381 g/mol. The van der Waals surface area contributed by atoms with Gasteiger partial charge in [-0.25, -0.2) is 14.4 Å². The number of carboxylic acid groups (broad SMARTS) is 1. The van der Waals surface area contributed by atoms with Crippen molar-refractivity contribution in [1.29, 1.82) is 0 Å². The van der Waals surface area contributed by atoms with E-state index in [0.29, 0.717) is 0 Å². The molecular formula is C17H23N3O7. The van der Waals surface area contributed by atoms with Crippen molar-refractivity contribution in [2.75, 3.05) is 12.4 Å². The number of methoxy groups -OCH3 is 1. The average molecular weight is 381 g/mol. The third-order valence-corrected chi connectivity index (χ3v) is 3.11. The zero-order valence-corrected chi connectivity index (χ0v) is 15.6. The van der Waals surface area contributed by atoms with Crippen LogP contribution in [0.2, 0.25) is 0 Å². The van der Waals surface area contributed by atoms with Crippen LogP contribution < -0.4 is 10.6 Å². The van der Waals surface area contributed by atoms with Gasteiger partial charge in [-0.15, -0.1) is 0 Å². The van der Waals surface area contributed by atoms with E-state index in [-0.39, 0.29) is 24.1 Å². The Labute approximate surface area is 156 Å². The smallest absolute Gasteiger partial charge is 0.408 e. The summed E-state index contributed by atoms with van der Waals surface area (Å²) in [6.07, 6.45) is 1.46. The predicted octanol–water partition coefficient (Wildman–Crippen LogP) is 1.56. The Morgan fingerprint density at radius 3 is 2.44 bits per heavy atom. The van der Waals surface area contributed by atoms with E-state index in [9.17, 15) is 19.2 Å². The van der Waals surface area contributed by atoms with Crippen LogP contribution in [0.1, 0.15) is 44.0 Å². The van der Waals surface area contributed by atoms with E-state index >= 15 is 0 Å². The van der Waals surface area contributed by atoms with Gasteiger partial charge in [0.25, 0.3) is 0 Å². The summed E-state index contributed by atoms with van der Waals surface area (Å²) in [5.74, 6) is -2.38. The van der Waals surface area contributed by atoms with Crippen LogP contribution in [0.4, 0.5) is 10.5 Å². The number of carbonyl (C=O) groups excluding carboxylic acids is 3. The highest BCUT2D eigenvalue weighted by Crippen LogP contribution is 2.11. The molecule has 1 aromatic heterocycles. The summed E-state index contributed by atoms with van der Waals surface area (Å²) >= 11 is 0. The number of ether oxygens (including phenoxy) is 2. The molecule has 1 rings (SSSR count). The Morgan fingerprint density at radius 1 is 1.22 bits per heavy atom. The number of rotatable bonds is 7. The Kier molecular flexibility index (Phi) is 7.70. The van der Waals surface area contributed by atoms with E-state index in [4.69, 9.17) is 9.84 Å². The Balaban J connectivity index is 2.65. The van der Waals surface area contributed by atoms with Gasteiger partial charge < -0.3 is 25.2 Å². The molecule has 2 amide bonds. The number of amides is 2. The molecule has 1 aromatic rings. The minimum atomic E-state index is -1.18. The minimum absolute atomic E-state index is 0.0379. The molecule has 0 saturated heterocycles. The van der Waals surface area contributed by atoms with Gasteiger partial charge >= 0.3 is 18.0 Å². The van der Waals surface area contributed by atoms with E-state index in [2.05, 4.69) is 20.4 Å². The minimum Gasteiger partial charge on any atom is -0.478 e. The van der Waals surface area contributed by atoms with Crippen LogP contribution in [0.5, 0.6) is 0 Å². The van der Waals surface area contributed by atoms with Crippen LogP contribution in [0.25, 0.3) is 0 Å². The first-order valence-electron chi connectivity index (χ1n) is 8.07. The highest BCUT2D eigenvalue weighted by Gasteiger charge is 2.25. The van der Waals surface area contributed by atoms with Gasteiger partial charge in [0.2, 0.25) is 5.91 Å². The molecule has 0 fully saturated rings. The van der Waals surface area contributed by atoms with E-state index in [1.54, 1.807) is 20.8 Å². The molecule has 0 saturated carbocycles. The number of carboxylic acids is 1. The van der Waals surface area contributed by atoms with Crippen molar-refractivity contribution in [3.05, 3.63) is 24.0 Å². The Bertz CT molecular complexity index is 713. The summed E-state index contributed by atoms with van der Waals surface area (Å²) in [6.45, 7) is 5.02. The summed E-state index contributed by atoms with van der Waals surface area (Å²) < 4.78 is 9.70. The number of esters is 1. The van der Waals surface area contributed by atoms with Crippen molar-refractivity contribution in [2.45, 2.75) is 45.3 Å². The molecule has 1 heterocycles. The SMILES string of the molecule is COC(=O)[C@H](CCC(=O)Nc1cncc(C(=O)O)c1)NC(=O)OC(C)(C)C. The molecular weight excluding hydrogens is 358 g/mol. The molecule has 0 aliphatic carbocycles. The van der Waals surface area contributed by atoms with E-state index < -0.39 is 35.6 Å². The summed E-state index contributed by atoms with van der Waals surface area (Å²) in [6, 6.07) is 0.184. The van der Waals surface area contributed by atoms with Crippen molar-refractivity contribution >= 4 is 29.6 Å². The number of aromatic carboxylic acids is 1. The molecule has 10 nitrogen and oxygen atoms in total. The molecule has 0 spiro atoms. The second-order valence-corrected chi connectivity index (χ2v) is 6.58. The summed E-state index contributed by atoms with van der Waals surface area (Å²) in [5.41, 5.74) is -0.619. The van der Waals surface area contributed by atoms with Crippen LogP contribution in [-0.4, -0.2) is 52.8 Å². The second-order valence-electron chi connectivity index (χ2n) is 6.58. The molecule has 0 bridgehead atoms. The number of hydrogen-bond acceptors (Lipinski definition) is 7. The van der Waals surface area contributed by atoms with Crippen molar-refractivity contribution in [3.8, 4) is 0 Å². The van der Waals surface area contributed by atoms with Crippen molar-refractivity contribution < 1.29 is 33.8 Å².